The van der Waals surface area contributed by atoms with Crippen molar-refractivity contribution in [1.29, 1.82) is 0 Å². The van der Waals surface area contributed by atoms with Crippen LogP contribution >= 0.6 is 11.8 Å². The molecule has 0 unspecified atom stereocenters. The maximum atomic E-state index is 12.5. The molecule has 0 bridgehead atoms. The van der Waals surface area contributed by atoms with Gasteiger partial charge in [0, 0.05) is 29.5 Å². The summed E-state index contributed by atoms with van der Waals surface area (Å²) < 4.78 is 0.285. The number of H-pyrrole nitrogens is 1. The van der Waals surface area contributed by atoms with Gasteiger partial charge in [-0.3, -0.25) is 9.89 Å². The van der Waals surface area contributed by atoms with E-state index in [4.69, 9.17) is 0 Å². The summed E-state index contributed by atoms with van der Waals surface area (Å²) in [6.07, 6.45) is 8.78. The van der Waals surface area contributed by atoms with E-state index in [0.717, 1.165) is 37.1 Å². The molecule has 0 radical (unpaired) electrons. The van der Waals surface area contributed by atoms with Gasteiger partial charge in [-0.2, -0.15) is 16.9 Å². The molecule has 0 aromatic carbocycles. The standard InChI is InChI=1S/C16H27N3OS/c1-16(2,3)21-10-6-8-15(20)19-9-5-4-7-14(19)13-11-17-18-12-13/h11-12,14H,4-10H2,1-3H3,(H,17,18)/t14-/m1/s1. The first kappa shape index (κ1) is 16.4. The summed E-state index contributed by atoms with van der Waals surface area (Å²) >= 11 is 1.94. The Kier molecular flexibility index (Phi) is 5.73. The van der Waals surface area contributed by atoms with E-state index < -0.39 is 0 Å². The number of thioether (sulfide) groups is 1. The maximum absolute atomic E-state index is 12.5. The molecule has 1 fully saturated rings. The SMILES string of the molecule is CC(C)(C)SCCCC(=O)N1CCCC[C@@H]1c1cn[nH]c1. The maximum Gasteiger partial charge on any atom is 0.223 e. The topological polar surface area (TPSA) is 49.0 Å². The molecule has 2 rings (SSSR count). The fraction of sp³-hybridized carbons (Fsp3) is 0.750. The average molecular weight is 309 g/mol. The minimum Gasteiger partial charge on any atom is -0.336 e. The highest BCUT2D eigenvalue weighted by atomic mass is 32.2. The van der Waals surface area contributed by atoms with Crippen LogP contribution in [0.5, 0.6) is 0 Å². The van der Waals surface area contributed by atoms with Crippen LogP contribution < -0.4 is 0 Å². The lowest BCUT2D eigenvalue weighted by Crippen LogP contribution is -2.38. The van der Waals surface area contributed by atoms with E-state index in [0.29, 0.717) is 12.3 Å². The third-order valence-electron chi connectivity index (χ3n) is 3.80. The van der Waals surface area contributed by atoms with Crippen molar-refractivity contribution in [3.63, 3.8) is 0 Å². The van der Waals surface area contributed by atoms with Gasteiger partial charge in [-0.25, -0.2) is 0 Å². The van der Waals surface area contributed by atoms with E-state index >= 15 is 0 Å². The fourth-order valence-electron chi connectivity index (χ4n) is 2.77. The second-order valence-corrected chi connectivity index (χ2v) is 8.62. The monoisotopic (exact) mass is 309 g/mol. The predicted octanol–water partition coefficient (Wildman–Crippen LogP) is 3.78. The lowest BCUT2D eigenvalue weighted by atomic mass is 9.97. The van der Waals surface area contributed by atoms with Gasteiger partial charge in [0.2, 0.25) is 5.91 Å². The summed E-state index contributed by atoms with van der Waals surface area (Å²) in [5.74, 6) is 1.36. The third-order valence-corrected chi connectivity index (χ3v) is 5.16. The molecular weight excluding hydrogens is 282 g/mol. The normalized spacial score (nSPS) is 19.8. The highest BCUT2D eigenvalue weighted by Crippen LogP contribution is 2.31. The quantitative estimate of drug-likeness (QED) is 0.842. The van der Waals surface area contributed by atoms with Crippen LogP contribution in [0.15, 0.2) is 12.4 Å². The number of hydrogen-bond acceptors (Lipinski definition) is 3. The molecule has 1 aliphatic rings. The van der Waals surface area contributed by atoms with E-state index in [1.165, 1.54) is 6.42 Å². The van der Waals surface area contributed by atoms with Crippen molar-refractivity contribution in [2.45, 2.75) is 63.7 Å². The molecule has 4 nitrogen and oxygen atoms in total. The van der Waals surface area contributed by atoms with Gasteiger partial charge in [-0.15, -0.1) is 0 Å². The molecule has 1 atom stereocenters. The van der Waals surface area contributed by atoms with Crippen molar-refractivity contribution in [3.8, 4) is 0 Å². The summed E-state index contributed by atoms with van der Waals surface area (Å²) in [6, 6.07) is 0.222. The number of aromatic nitrogens is 2. The molecule has 0 spiro atoms. The van der Waals surface area contributed by atoms with Crippen LogP contribution in [-0.2, 0) is 4.79 Å². The smallest absolute Gasteiger partial charge is 0.223 e. The van der Waals surface area contributed by atoms with Crippen LogP contribution in [0.1, 0.15) is 64.5 Å². The Labute approximate surface area is 132 Å². The largest absolute Gasteiger partial charge is 0.336 e. The molecule has 1 N–H and O–H groups in total. The highest BCUT2D eigenvalue weighted by Gasteiger charge is 2.28. The summed E-state index contributed by atoms with van der Waals surface area (Å²) in [6.45, 7) is 7.55. The van der Waals surface area contributed by atoms with Gasteiger partial charge in [-0.1, -0.05) is 20.8 Å². The number of nitrogens with one attached hydrogen (secondary N) is 1. The van der Waals surface area contributed by atoms with E-state index in [-0.39, 0.29) is 10.8 Å². The molecule has 1 amide bonds. The molecule has 1 aromatic heterocycles. The van der Waals surface area contributed by atoms with Gasteiger partial charge in [0.1, 0.15) is 0 Å². The van der Waals surface area contributed by atoms with Crippen LogP contribution in [0.3, 0.4) is 0 Å². The van der Waals surface area contributed by atoms with Crippen molar-refractivity contribution in [3.05, 3.63) is 18.0 Å². The third kappa shape index (κ3) is 5.06. The summed E-state index contributed by atoms with van der Waals surface area (Å²) in [5, 5.41) is 6.89. The van der Waals surface area contributed by atoms with Crippen molar-refractivity contribution >= 4 is 17.7 Å². The molecule has 5 heteroatoms. The Morgan fingerprint density at radius 2 is 2.29 bits per heavy atom. The Hall–Kier alpha value is -0.970. The Morgan fingerprint density at radius 1 is 1.48 bits per heavy atom. The lowest BCUT2D eigenvalue weighted by Gasteiger charge is -2.35. The van der Waals surface area contributed by atoms with Crippen molar-refractivity contribution < 1.29 is 4.79 Å². The summed E-state index contributed by atoms with van der Waals surface area (Å²) in [4.78, 5) is 14.6. The van der Waals surface area contributed by atoms with Gasteiger partial charge in [-0.05, 0) is 31.4 Å². The van der Waals surface area contributed by atoms with Gasteiger partial charge in [0.25, 0.3) is 0 Å². The summed E-state index contributed by atoms with van der Waals surface area (Å²) in [5.41, 5.74) is 1.15. The second-order valence-electron chi connectivity index (χ2n) is 6.69. The number of hydrogen-bond donors (Lipinski definition) is 1. The Bertz CT molecular complexity index is 439. The molecule has 1 saturated heterocycles. The zero-order valence-corrected chi connectivity index (χ0v) is 14.2. The molecule has 1 aromatic rings. The van der Waals surface area contributed by atoms with Crippen molar-refractivity contribution in [2.75, 3.05) is 12.3 Å². The molecule has 0 saturated carbocycles. The number of likely N-dealkylation sites (tertiary alicyclic amines) is 1. The van der Waals surface area contributed by atoms with E-state index in [1.54, 1.807) is 0 Å². The first-order chi connectivity index (χ1) is 9.97. The zero-order chi connectivity index (χ0) is 15.3. The number of aromatic amines is 1. The minimum atomic E-state index is 0.222. The molecule has 0 aliphatic carbocycles. The van der Waals surface area contributed by atoms with Crippen LogP contribution in [0.2, 0.25) is 0 Å². The van der Waals surface area contributed by atoms with Gasteiger partial charge in [0.05, 0.1) is 12.2 Å². The van der Waals surface area contributed by atoms with Crippen LogP contribution in [-0.4, -0.2) is 38.0 Å². The Balaban J connectivity index is 1.85. The zero-order valence-electron chi connectivity index (χ0n) is 13.4. The average Bonchev–Trinajstić information content (AvgIpc) is 2.96. The van der Waals surface area contributed by atoms with Gasteiger partial charge in [0.15, 0.2) is 0 Å². The van der Waals surface area contributed by atoms with Crippen molar-refractivity contribution in [1.82, 2.24) is 15.1 Å². The van der Waals surface area contributed by atoms with E-state index in [9.17, 15) is 4.79 Å². The fourth-order valence-corrected chi connectivity index (χ4v) is 3.67. The Morgan fingerprint density at radius 3 is 2.95 bits per heavy atom. The number of piperidine rings is 1. The number of rotatable bonds is 5. The number of amides is 1. The number of carbonyl (C=O) groups excluding carboxylic acids is 1. The van der Waals surface area contributed by atoms with Crippen LogP contribution in [0.25, 0.3) is 0 Å². The van der Waals surface area contributed by atoms with Gasteiger partial charge >= 0.3 is 0 Å². The molecule has 1 aliphatic heterocycles. The van der Waals surface area contributed by atoms with Crippen LogP contribution in [0.4, 0.5) is 0 Å². The summed E-state index contributed by atoms with van der Waals surface area (Å²) in [7, 11) is 0. The van der Waals surface area contributed by atoms with E-state index in [2.05, 4.69) is 35.9 Å². The second kappa shape index (κ2) is 7.34. The number of carbonyl (C=O) groups is 1. The highest BCUT2D eigenvalue weighted by molar-refractivity contribution is 8.00. The molecule has 118 valence electrons. The first-order valence-corrected chi connectivity index (χ1v) is 8.88. The minimum absolute atomic E-state index is 0.222. The molecule has 2 heterocycles. The lowest BCUT2D eigenvalue weighted by molar-refractivity contribution is -0.135. The van der Waals surface area contributed by atoms with Crippen LogP contribution in [0, 0.1) is 0 Å². The van der Waals surface area contributed by atoms with E-state index in [1.807, 2.05) is 24.2 Å². The van der Waals surface area contributed by atoms with Crippen molar-refractivity contribution in [2.24, 2.45) is 0 Å². The number of nitrogens with zero attached hydrogens (tertiary/aromatic N) is 2. The molecule has 21 heavy (non-hydrogen) atoms. The first-order valence-electron chi connectivity index (χ1n) is 7.89. The predicted molar refractivity (Wildman–Crippen MR) is 88.3 cm³/mol. The van der Waals surface area contributed by atoms with Gasteiger partial charge < -0.3 is 4.90 Å². The molecular formula is C16H27N3OS.